The highest BCUT2D eigenvalue weighted by molar-refractivity contribution is 9.10. The SMILES string of the molecule is CCNC(CCc1cc(Br)cs1)CC(C)C. The van der Waals surface area contributed by atoms with Gasteiger partial charge < -0.3 is 5.32 Å². The van der Waals surface area contributed by atoms with Crippen LogP contribution in [0.25, 0.3) is 0 Å². The second-order valence-corrected chi connectivity index (χ2v) is 6.57. The Balaban J connectivity index is 2.36. The van der Waals surface area contributed by atoms with E-state index >= 15 is 0 Å². The number of halogens is 1. The number of thiophene rings is 1. The zero-order chi connectivity index (χ0) is 12.0. The van der Waals surface area contributed by atoms with E-state index in [-0.39, 0.29) is 0 Å². The van der Waals surface area contributed by atoms with Crippen LogP contribution in [0.4, 0.5) is 0 Å². The minimum Gasteiger partial charge on any atom is -0.314 e. The highest BCUT2D eigenvalue weighted by Gasteiger charge is 2.10. The first kappa shape index (κ1) is 14.2. The summed E-state index contributed by atoms with van der Waals surface area (Å²) >= 11 is 5.36. The van der Waals surface area contributed by atoms with Gasteiger partial charge in [0.25, 0.3) is 0 Å². The summed E-state index contributed by atoms with van der Waals surface area (Å²) < 4.78 is 1.22. The molecule has 0 radical (unpaired) electrons. The molecule has 1 aromatic heterocycles. The Kier molecular flexibility index (Phi) is 6.62. The van der Waals surface area contributed by atoms with Crippen LogP contribution in [0.15, 0.2) is 15.9 Å². The molecule has 0 saturated carbocycles. The van der Waals surface area contributed by atoms with Crippen LogP contribution in [0.3, 0.4) is 0 Å². The molecule has 0 aliphatic carbocycles. The van der Waals surface area contributed by atoms with Gasteiger partial charge >= 0.3 is 0 Å². The number of nitrogens with one attached hydrogen (secondary N) is 1. The van der Waals surface area contributed by atoms with Gasteiger partial charge in [-0.3, -0.25) is 0 Å². The second kappa shape index (κ2) is 7.46. The molecular formula is C13H22BrNS. The van der Waals surface area contributed by atoms with Gasteiger partial charge in [-0.25, -0.2) is 0 Å². The average Bonchev–Trinajstić information content (AvgIpc) is 2.60. The number of aryl methyl sites for hydroxylation is 1. The van der Waals surface area contributed by atoms with E-state index in [1.54, 1.807) is 0 Å². The molecule has 0 bridgehead atoms. The zero-order valence-electron chi connectivity index (χ0n) is 10.4. The lowest BCUT2D eigenvalue weighted by molar-refractivity contribution is 0.406. The van der Waals surface area contributed by atoms with Crippen molar-refractivity contribution < 1.29 is 0 Å². The fourth-order valence-corrected chi connectivity index (χ4v) is 3.43. The van der Waals surface area contributed by atoms with Crippen LogP contribution >= 0.6 is 27.3 Å². The summed E-state index contributed by atoms with van der Waals surface area (Å²) in [6, 6.07) is 2.91. The molecule has 1 heterocycles. The minimum atomic E-state index is 0.672. The molecule has 3 heteroatoms. The maximum Gasteiger partial charge on any atom is 0.0285 e. The van der Waals surface area contributed by atoms with Gasteiger partial charge in [0.1, 0.15) is 0 Å². The summed E-state index contributed by atoms with van der Waals surface area (Å²) in [6.45, 7) is 7.86. The summed E-state index contributed by atoms with van der Waals surface area (Å²) in [6.07, 6.45) is 3.72. The van der Waals surface area contributed by atoms with E-state index in [2.05, 4.69) is 53.5 Å². The second-order valence-electron chi connectivity index (χ2n) is 4.65. The molecule has 0 amide bonds. The van der Waals surface area contributed by atoms with Crippen LogP contribution in [-0.4, -0.2) is 12.6 Å². The van der Waals surface area contributed by atoms with Crippen molar-refractivity contribution in [2.24, 2.45) is 5.92 Å². The van der Waals surface area contributed by atoms with Crippen molar-refractivity contribution in [1.29, 1.82) is 0 Å². The van der Waals surface area contributed by atoms with Gasteiger partial charge in [-0.15, -0.1) is 11.3 Å². The molecule has 0 fully saturated rings. The summed E-state index contributed by atoms with van der Waals surface area (Å²) in [5.41, 5.74) is 0. The minimum absolute atomic E-state index is 0.672. The Labute approximate surface area is 112 Å². The van der Waals surface area contributed by atoms with Gasteiger partial charge in [0.15, 0.2) is 0 Å². The van der Waals surface area contributed by atoms with Gasteiger partial charge in [0.05, 0.1) is 0 Å². The number of hydrogen-bond acceptors (Lipinski definition) is 2. The number of hydrogen-bond donors (Lipinski definition) is 1. The molecule has 0 aliphatic rings. The maximum atomic E-state index is 3.58. The Bertz CT molecular complexity index is 296. The molecule has 92 valence electrons. The predicted molar refractivity (Wildman–Crippen MR) is 77.3 cm³/mol. The van der Waals surface area contributed by atoms with Crippen molar-refractivity contribution in [2.45, 2.75) is 46.1 Å². The normalized spacial score (nSPS) is 13.3. The van der Waals surface area contributed by atoms with E-state index in [1.807, 2.05) is 11.3 Å². The van der Waals surface area contributed by atoms with E-state index < -0.39 is 0 Å². The first-order chi connectivity index (χ1) is 7.61. The molecule has 1 unspecified atom stereocenters. The smallest absolute Gasteiger partial charge is 0.0285 e. The van der Waals surface area contributed by atoms with Crippen molar-refractivity contribution in [1.82, 2.24) is 5.32 Å². The van der Waals surface area contributed by atoms with Crippen LogP contribution in [0.5, 0.6) is 0 Å². The van der Waals surface area contributed by atoms with E-state index in [1.165, 1.54) is 28.6 Å². The van der Waals surface area contributed by atoms with Crippen LogP contribution in [0.2, 0.25) is 0 Å². The highest BCUT2D eigenvalue weighted by Crippen LogP contribution is 2.22. The highest BCUT2D eigenvalue weighted by atomic mass is 79.9. The van der Waals surface area contributed by atoms with Crippen molar-refractivity contribution >= 4 is 27.3 Å². The molecule has 1 rings (SSSR count). The molecule has 1 N–H and O–H groups in total. The third-order valence-corrected chi connectivity index (χ3v) is 4.37. The molecule has 16 heavy (non-hydrogen) atoms. The van der Waals surface area contributed by atoms with Crippen molar-refractivity contribution in [3.8, 4) is 0 Å². The van der Waals surface area contributed by atoms with Gasteiger partial charge in [0, 0.05) is 20.8 Å². The first-order valence-electron chi connectivity index (χ1n) is 6.08. The standard InChI is InChI=1S/C13H22BrNS/c1-4-15-12(7-10(2)3)5-6-13-8-11(14)9-16-13/h8-10,12,15H,4-7H2,1-3H3. The summed E-state index contributed by atoms with van der Waals surface area (Å²) in [4.78, 5) is 1.48. The Morgan fingerprint density at radius 1 is 1.44 bits per heavy atom. The molecule has 0 spiro atoms. The summed E-state index contributed by atoms with van der Waals surface area (Å²) in [5, 5.41) is 5.75. The van der Waals surface area contributed by atoms with Gasteiger partial charge in [-0.05, 0) is 53.7 Å². The lowest BCUT2D eigenvalue weighted by Gasteiger charge is -2.19. The van der Waals surface area contributed by atoms with Crippen LogP contribution in [0, 0.1) is 5.92 Å². The fraction of sp³-hybridized carbons (Fsp3) is 0.692. The molecule has 0 saturated heterocycles. The topological polar surface area (TPSA) is 12.0 Å². The Hall–Kier alpha value is 0.140. The zero-order valence-corrected chi connectivity index (χ0v) is 12.8. The van der Waals surface area contributed by atoms with E-state index in [9.17, 15) is 0 Å². The van der Waals surface area contributed by atoms with Gasteiger partial charge in [-0.2, -0.15) is 0 Å². The fourth-order valence-electron chi connectivity index (χ4n) is 1.96. The van der Waals surface area contributed by atoms with E-state index in [4.69, 9.17) is 0 Å². The first-order valence-corrected chi connectivity index (χ1v) is 7.75. The lowest BCUT2D eigenvalue weighted by atomic mass is 9.99. The quantitative estimate of drug-likeness (QED) is 0.784. The summed E-state index contributed by atoms with van der Waals surface area (Å²) in [7, 11) is 0. The molecule has 0 aromatic carbocycles. The third-order valence-electron chi connectivity index (χ3n) is 2.61. The monoisotopic (exact) mass is 303 g/mol. The van der Waals surface area contributed by atoms with Crippen molar-refractivity contribution in [3.05, 3.63) is 20.8 Å². The van der Waals surface area contributed by atoms with Crippen LogP contribution < -0.4 is 5.32 Å². The lowest BCUT2D eigenvalue weighted by Crippen LogP contribution is -2.30. The van der Waals surface area contributed by atoms with Gasteiger partial charge in [0.2, 0.25) is 0 Å². The van der Waals surface area contributed by atoms with Crippen molar-refractivity contribution in [2.75, 3.05) is 6.54 Å². The molecule has 0 aliphatic heterocycles. The largest absolute Gasteiger partial charge is 0.314 e. The summed E-state index contributed by atoms with van der Waals surface area (Å²) in [5.74, 6) is 0.777. The maximum absolute atomic E-state index is 3.58. The number of rotatable bonds is 7. The predicted octanol–water partition coefficient (Wildman–Crippen LogP) is 4.47. The van der Waals surface area contributed by atoms with Crippen molar-refractivity contribution in [3.63, 3.8) is 0 Å². The van der Waals surface area contributed by atoms with Crippen LogP contribution in [-0.2, 0) is 6.42 Å². The molecule has 1 nitrogen and oxygen atoms in total. The molecule has 1 aromatic rings. The Morgan fingerprint density at radius 2 is 2.19 bits per heavy atom. The molecular weight excluding hydrogens is 282 g/mol. The van der Waals surface area contributed by atoms with E-state index in [0.717, 1.165) is 12.5 Å². The third kappa shape index (κ3) is 5.46. The van der Waals surface area contributed by atoms with Crippen LogP contribution in [0.1, 0.15) is 38.5 Å². The van der Waals surface area contributed by atoms with E-state index in [0.29, 0.717) is 6.04 Å². The molecule has 1 atom stereocenters. The average molecular weight is 304 g/mol. The Morgan fingerprint density at radius 3 is 2.69 bits per heavy atom. The van der Waals surface area contributed by atoms with Gasteiger partial charge in [-0.1, -0.05) is 20.8 Å².